The molecule has 1 aliphatic rings. The van der Waals surface area contributed by atoms with Crippen molar-refractivity contribution in [2.75, 3.05) is 6.61 Å². The average Bonchev–Trinajstić information content (AvgIpc) is 2.90. The van der Waals surface area contributed by atoms with Crippen LogP contribution in [-0.4, -0.2) is 55.9 Å². The first-order chi connectivity index (χ1) is 11.0. The maximum atomic E-state index is 10.7. The fourth-order valence-corrected chi connectivity index (χ4v) is 2.77. The number of aliphatic hydroxyl groups excluding tert-OH is 3. The molecule has 4 atom stereocenters. The third-order valence-electron chi connectivity index (χ3n) is 3.93. The number of ether oxygens (including phenoxy) is 1. The largest absolute Gasteiger partial charge is 0.478 e. The van der Waals surface area contributed by atoms with Crippen molar-refractivity contribution in [1.82, 2.24) is 4.57 Å². The molecule has 0 aliphatic carbocycles. The third kappa shape index (κ3) is 2.87. The van der Waals surface area contributed by atoms with Gasteiger partial charge in [0.25, 0.3) is 0 Å². The van der Waals surface area contributed by atoms with Gasteiger partial charge in [0.15, 0.2) is 6.23 Å². The topological polar surface area (TPSA) is 112 Å². The maximum absolute atomic E-state index is 10.7. The number of carboxylic acids is 1. The van der Waals surface area contributed by atoms with Crippen molar-refractivity contribution in [3.8, 4) is 0 Å². The lowest BCUT2D eigenvalue weighted by Crippen LogP contribution is -2.50. The van der Waals surface area contributed by atoms with E-state index >= 15 is 0 Å². The summed E-state index contributed by atoms with van der Waals surface area (Å²) < 4.78 is 7.10. The van der Waals surface area contributed by atoms with Gasteiger partial charge >= 0.3 is 5.97 Å². The summed E-state index contributed by atoms with van der Waals surface area (Å²) in [4.78, 5) is 10.7. The minimum Gasteiger partial charge on any atom is -0.478 e. The molecule has 0 unspecified atom stereocenters. The van der Waals surface area contributed by atoms with Crippen molar-refractivity contribution in [2.24, 2.45) is 0 Å². The molecule has 1 fully saturated rings. The number of aromatic nitrogens is 1. The van der Waals surface area contributed by atoms with Gasteiger partial charge in [0.1, 0.15) is 18.3 Å². The van der Waals surface area contributed by atoms with Crippen LogP contribution in [0.3, 0.4) is 0 Å². The van der Waals surface area contributed by atoms with Crippen molar-refractivity contribution in [1.29, 1.82) is 0 Å². The van der Waals surface area contributed by atoms with E-state index in [0.29, 0.717) is 5.56 Å². The Morgan fingerprint density at radius 2 is 1.96 bits per heavy atom. The zero-order chi connectivity index (χ0) is 16.6. The lowest BCUT2D eigenvalue weighted by Gasteiger charge is -2.36. The monoisotopic (exact) mass is 319 g/mol. The lowest BCUT2D eigenvalue weighted by atomic mass is 10.0. The van der Waals surface area contributed by atoms with Crippen LogP contribution in [0.1, 0.15) is 11.8 Å². The predicted octanol–water partition coefficient (Wildman–Crippen LogP) is 0.351. The molecule has 1 aliphatic heterocycles. The molecule has 7 nitrogen and oxygen atoms in total. The number of carbonyl (C=O) groups is 1. The summed E-state index contributed by atoms with van der Waals surface area (Å²) in [6.07, 6.45) is -0.481. The first-order valence-electron chi connectivity index (χ1n) is 7.15. The predicted molar refractivity (Wildman–Crippen MR) is 81.6 cm³/mol. The molecule has 1 saturated heterocycles. The minimum absolute atomic E-state index is 0.101. The van der Waals surface area contributed by atoms with Crippen LogP contribution < -0.4 is 0 Å². The number of rotatable bonds is 3. The number of carboxylic acid groups (broad SMARTS) is 1. The second-order valence-corrected chi connectivity index (χ2v) is 5.45. The van der Waals surface area contributed by atoms with E-state index in [4.69, 9.17) is 9.84 Å². The summed E-state index contributed by atoms with van der Waals surface area (Å²) in [5, 5.41) is 39.2. The highest BCUT2D eigenvalue weighted by Crippen LogP contribution is 2.31. The summed E-state index contributed by atoms with van der Waals surface area (Å²) in [7, 11) is 0. The van der Waals surface area contributed by atoms with Crippen molar-refractivity contribution in [3.05, 3.63) is 42.1 Å². The van der Waals surface area contributed by atoms with Gasteiger partial charge in [-0.2, -0.15) is 0 Å². The zero-order valence-electron chi connectivity index (χ0n) is 12.1. The van der Waals surface area contributed by atoms with Crippen LogP contribution in [0.15, 0.2) is 36.5 Å². The standard InChI is InChI=1S/C16H17NO6/c18-12-8-23-16(15(22)14(12)21)17-7-9(5-6-13(19)20)10-3-1-2-4-11(10)17/h1-7,12,14-16,18,21-22H,8H2,(H,19,20)/b6-5+/t12-,14-,15+,16+/m0/s1. The summed E-state index contributed by atoms with van der Waals surface area (Å²) in [6, 6.07) is 7.26. The van der Waals surface area contributed by atoms with Gasteiger partial charge in [0.05, 0.1) is 12.1 Å². The van der Waals surface area contributed by atoms with Gasteiger partial charge < -0.3 is 29.7 Å². The molecule has 1 aromatic heterocycles. The zero-order valence-corrected chi connectivity index (χ0v) is 12.1. The Bertz CT molecular complexity index is 752. The van der Waals surface area contributed by atoms with Gasteiger partial charge in [0, 0.05) is 23.2 Å². The molecule has 0 radical (unpaired) electrons. The van der Waals surface area contributed by atoms with E-state index < -0.39 is 30.5 Å². The Morgan fingerprint density at radius 3 is 2.70 bits per heavy atom. The molecular weight excluding hydrogens is 302 g/mol. The van der Waals surface area contributed by atoms with Crippen LogP contribution in [0.5, 0.6) is 0 Å². The minimum atomic E-state index is -1.31. The number of para-hydroxylation sites is 1. The van der Waals surface area contributed by atoms with Crippen molar-refractivity contribution < 1.29 is 30.0 Å². The normalized spacial score (nSPS) is 28.5. The smallest absolute Gasteiger partial charge is 0.328 e. The highest BCUT2D eigenvalue weighted by Gasteiger charge is 2.38. The van der Waals surface area contributed by atoms with Gasteiger partial charge in [-0.15, -0.1) is 0 Å². The second kappa shape index (κ2) is 6.13. The highest BCUT2D eigenvalue weighted by atomic mass is 16.5. The molecule has 0 saturated carbocycles. The van der Waals surface area contributed by atoms with Crippen LogP contribution in [0, 0.1) is 0 Å². The fraction of sp³-hybridized carbons (Fsp3) is 0.312. The molecule has 0 spiro atoms. The summed E-state index contributed by atoms with van der Waals surface area (Å²) in [5.74, 6) is -1.06. The molecule has 2 heterocycles. The summed E-state index contributed by atoms with van der Waals surface area (Å²) >= 11 is 0. The molecule has 4 N–H and O–H groups in total. The number of fused-ring (bicyclic) bond motifs is 1. The van der Waals surface area contributed by atoms with E-state index in [1.54, 1.807) is 16.8 Å². The van der Waals surface area contributed by atoms with Crippen LogP contribution in [-0.2, 0) is 9.53 Å². The Hall–Kier alpha value is -2.19. The molecule has 0 bridgehead atoms. The van der Waals surface area contributed by atoms with E-state index in [1.165, 1.54) is 6.08 Å². The number of hydrogen-bond donors (Lipinski definition) is 4. The van der Waals surface area contributed by atoms with Gasteiger partial charge in [0.2, 0.25) is 0 Å². The van der Waals surface area contributed by atoms with E-state index in [0.717, 1.165) is 17.0 Å². The average molecular weight is 319 g/mol. The number of aliphatic hydroxyl groups is 3. The van der Waals surface area contributed by atoms with E-state index in [-0.39, 0.29) is 6.61 Å². The Kier molecular flexibility index (Phi) is 4.18. The molecule has 23 heavy (non-hydrogen) atoms. The fourth-order valence-electron chi connectivity index (χ4n) is 2.77. The van der Waals surface area contributed by atoms with Crippen molar-refractivity contribution in [3.63, 3.8) is 0 Å². The van der Waals surface area contributed by atoms with Gasteiger partial charge in [-0.3, -0.25) is 0 Å². The van der Waals surface area contributed by atoms with Gasteiger partial charge in [-0.25, -0.2) is 4.79 Å². The molecule has 2 aromatic rings. The SMILES string of the molecule is O=C(O)/C=C/c1cn([C@@H]2OC[C@H](O)[C@H](O)[C@H]2O)c2ccccc12. The first-order valence-corrected chi connectivity index (χ1v) is 7.15. The Balaban J connectivity index is 2.06. The lowest BCUT2D eigenvalue weighted by molar-refractivity contribution is -0.209. The molecule has 7 heteroatoms. The number of benzene rings is 1. The van der Waals surface area contributed by atoms with Crippen LogP contribution in [0.25, 0.3) is 17.0 Å². The number of nitrogens with zero attached hydrogens (tertiary/aromatic N) is 1. The Morgan fingerprint density at radius 1 is 1.22 bits per heavy atom. The van der Waals surface area contributed by atoms with E-state index in [1.807, 2.05) is 18.2 Å². The highest BCUT2D eigenvalue weighted by molar-refractivity contribution is 5.93. The van der Waals surface area contributed by atoms with Crippen LogP contribution in [0.2, 0.25) is 0 Å². The van der Waals surface area contributed by atoms with Gasteiger partial charge in [-0.05, 0) is 12.1 Å². The number of hydrogen-bond acceptors (Lipinski definition) is 5. The quantitative estimate of drug-likeness (QED) is 0.607. The van der Waals surface area contributed by atoms with Crippen molar-refractivity contribution >= 4 is 22.9 Å². The molecular formula is C16H17NO6. The summed E-state index contributed by atoms with van der Waals surface area (Å²) in [5.41, 5.74) is 1.38. The molecule has 122 valence electrons. The third-order valence-corrected chi connectivity index (χ3v) is 3.93. The van der Waals surface area contributed by atoms with Crippen molar-refractivity contribution in [2.45, 2.75) is 24.5 Å². The maximum Gasteiger partial charge on any atom is 0.328 e. The molecule has 1 aromatic carbocycles. The van der Waals surface area contributed by atoms with Crippen LogP contribution in [0.4, 0.5) is 0 Å². The summed E-state index contributed by atoms with van der Waals surface area (Å²) in [6.45, 7) is -0.101. The molecule has 0 amide bonds. The van der Waals surface area contributed by atoms with Crippen LogP contribution >= 0.6 is 0 Å². The second-order valence-electron chi connectivity index (χ2n) is 5.45. The van der Waals surface area contributed by atoms with E-state index in [9.17, 15) is 20.1 Å². The van der Waals surface area contributed by atoms with E-state index in [2.05, 4.69) is 0 Å². The molecule has 3 rings (SSSR count). The number of aliphatic carboxylic acids is 1. The van der Waals surface area contributed by atoms with Gasteiger partial charge in [-0.1, -0.05) is 18.2 Å². The Labute approximate surface area is 131 Å². The first kappa shape index (κ1) is 15.7.